The van der Waals surface area contributed by atoms with Crippen LogP contribution in [0.1, 0.15) is 6.92 Å². The molecule has 0 aliphatic rings. The van der Waals surface area contributed by atoms with Gasteiger partial charge in [0.15, 0.2) is 0 Å². The summed E-state index contributed by atoms with van der Waals surface area (Å²) in [5, 5.41) is 8.36. The highest BCUT2D eigenvalue weighted by atomic mass is 35.5. The molecule has 0 aromatic heterocycles. The van der Waals surface area contributed by atoms with Crippen molar-refractivity contribution >= 4 is 30.0 Å². The predicted octanol–water partition coefficient (Wildman–Crippen LogP) is 1.05. The molecule has 0 aromatic carbocycles. The molecule has 0 atom stereocenters. The normalized spacial score (nSPS) is 9.36. The highest BCUT2D eigenvalue weighted by Gasteiger charge is 2.04. The van der Waals surface area contributed by atoms with Gasteiger partial charge in [0.25, 0.3) is 0 Å². The molecule has 0 aliphatic carbocycles. The molecule has 11 heavy (non-hydrogen) atoms. The van der Waals surface area contributed by atoms with E-state index < -0.39 is 5.97 Å². The molecule has 0 fully saturated rings. The maximum absolute atomic E-state index is 10.2. The van der Waals surface area contributed by atoms with Crippen LogP contribution >= 0.6 is 24.0 Å². The lowest BCUT2D eigenvalue weighted by atomic mass is 10.5. The van der Waals surface area contributed by atoms with Gasteiger partial charge in [0.2, 0.25) is 0 Å². The van der Waals surface area contributed by atoms with Gasteiger partial charge in [-0.1, -0.05) is 6.92 Å². The Balaban J connectivity index is 0. The lowest BCUT2D eigenvalue weighted by Gasteiger charge is -2.15. The van der Waals surface area contributed by atoms with Crippen LogP contribution in [0.3, 0.4) is 0 Å². The van der Waals surface area contributed by atoms with Crippen molar-refractivity contribution in [3.8, 4) is 0 Å². The number of alkyl halides is 1. The van der Waals surface area contributed by atoms with Crippen molar-refractivity contribution in [2.24, 2.45) is 0 Å². The van der Waals surface area contributed by atoms with Gasteiger partial charge in [0.1, 0.15) is 0 Å². The van der Waals surface area contributed by atoms with Gasteiger partial charge in [-0.05, 0) is 6.54 Å². The first-order valence-electron chi connectivity index (χ1n) is 3.20. The van der Waals surface area contributed by atoms with Gasteiger partial charge in [0, 0.05) is 12.4 Å². The molecule has 0 saturated carbocycles. The minimum Gasteiger partial charge on any atom is -0.480 e. The molecular weight excluding hydrogens is 189 g/mol. The van der Waals surface area contributed by atoms with Gasteiger partial charge in [-0.15, -0.1) is 24.0 Å². The summed E-state index contributed by atoms with van der Waals surface area (Å²) < 4.78 is 0. The number of likely N-dealkylation sites (N-methyl/N-ethyl adjacent to an activating group) is 1. The Labute approximate surface area is 77.7 Å². The number of hydrogen-bond donors (Lipinski definition) is 1. The Morgan fingerprint density at radius 3 is 2.45 bits per heavy atom. The number of carbonyl (C=O) groups is 1. The molecule has 0 aliphatic heterocycles. The summed E-state index contributed by atoms with van der Waals surface area (Å²) in [6, 6.07) is 0. The Morgan fingerprint density at radius 1 is 1.64 bits per heavy atom. The molecule has 68 valence electrons. The molecule has 0 bridgehead atoms. The third-order valence-corrected chi connectivity index (χ3v) is 1.38. The van der Waals surface area contributed by atoms with Gasteiger partial charge in [-0.3, -0.25) is 9.69 Å². The van der Waals surface area contributed by atoms with Crippen molar-refractivity contribution in [2.75, 3.05) is 25.5 Å². The zero-order chi connectivity index (χ0) is 7.98. The number of hydrogen-bond acceptors (Lipinski definition) is 2. The van der Waals surface area contributed by atoms with Gasteiger partial charge in [0.05, 0.1) is 6.54 Å². The summed E-state index contributed by atoms with van der Waals surface area (Å²) in [5.74, 6) is -0.312. The molecule has 0 rings (SSSR count). The molecule has 0 unspecified atom stereocenters. The highest BCUT2D eigenvalue weighted by molar-refractivity contribution is 6.18. The molecule has 3 nitrogen and oxygen atoms in total. The van der Waals surface area contributed by atoms with Crippen molar-refractivity contribution in [3.63, 3.8) is 0 Å². The van der Waals surface area contributed by atoms with Gasteiger partial charge < -0.3 is 5.11 Å². The molecule has 0 spiro atoms. The molecule has 5 heteroatoms. The lowest BCUT2D eigenvalue weighted by Crippen LogP contribution is -2.31. The fourth-order valence-corrected chi connectivity index (χ4v) is 0.899. The number of rotatable bonds is 5. The maximum Gasteiger partial charge on any atom is 0.317 e. The van der Waals surface area contributed by atoms with E-state index in [0.29, 0.717) is 12.4 Å². The summed E-state index contributed by atoms with van der Waals surface area (Å²) in [4.78, 5) is 11.9. The number of halogens is 2. The zero-order valence-corrected chi connectivity index (χ0v) is 7.99. The first-order chi connectivity index (χ1) is 4.70. The van der Waals surface area contributed by atoms with E-state index >= 15 is 0 Å². The second-order valence-corrected chi connectivity index (χ2v) is 2.33. The second-order valence-electron chi connectivity index (χ2n) is 1.95. The van der Waals surface area contributed by atoms with Crippen molar-refractivity contribution in [1.29, 1.82) is 0 Å². The molecule has 0 radical (unpaired) electrons. The van der Waals surface area contributed by atoms with E-state index in [1.165, 1.54) is 0 Å². The third-order valence-electron chi connectivity index (χ3n) is 1.21. The molecular formula is C6H13Cl2NO2. The maximum atomic E-state index is 10.2. The van der Waals surface area contributed by atoms with Crippen molar-refractivity contribution < 1.29 is 9.90 Å². The van der Waals surface area contributed by atoms with E-state index in [9.17, 15) is 4.79 Å². The van der Waals surface area contributed by atoms with Crippen LogP contribution < -0.4 is 0 Å². The molecule has 0 aromatic rings. The van der Waals surface area contributed by atoms with Gasteiger partial charge in [-0.2, -0.15) is 0 Å². The molecule has 0 saturated heterocycles. The van der Waals surface area contributed by atoms with Crippen LogP contribution in [-0.4, -0.2) is 41.5 Å². The summed E-state index contributed by atoms with van der Waals surface area (Å²) in [5.41, 5.74) is 0. The van der Waals surface area contributed by atoms with Crippen molar-refractivity contribution in [2.45, 2.75) is 6.92 Å². The third kappa shape index (κ3) is 7.91. The van der Waals surface area contributed by atoms with Crippen LogP contribution in [0.2, 0.25) is 0 Å². The van der Waals surface area contributed by atoms with E-state index in [0.717, 1.165) is 6.54 Å². The minimum absolute atomic E-state index is 0. The monoisotopic (exact) mass is 201 g/mol. The summed E-state index contributed by atoms with van der Waals surface area (Å²) in [7, 11) is 0. The topological polar surface area (TPSA) is 40.5 Å². The van der Waals surface area contributed by atoms with Crippen LogP contribution in [0.4, 0.5) is 0 Å². The smallest absolute Gasteiger partial charge is 0.317 e. The summed E-state index contributed by atoms with van der Waals surface area (Å²) in [6.07, 6.45) is 0. The Hall–Kier alpha value is 0.01000. The van der Waals surface area contributed by atoms with Gasteiger partial charge >= 0.3 is 5.97 Å². The first kappa shape index (κ1) is 13.6. The van der Waals surface area contributed by atoms with Crippen molar-refractivity contribution in [3.05, 3.63) is 0 Å². The fourth-order valence-electron chi connectivity index (χ4n) is 0.660. The second kappa shape index (κ2) is 8.11. The highest BCUT2D eigenvalue weighted by Crippen LogP contribution is 1.88. The minimum atomic E-state index is -0.799. The van der Waals surface area contributed by atoms with E-state index in [-0.39, 0.29) is 19.0 Å². The van der Waals surface area contributed by atoms with Crippen LogP contribution in [0.15, 0.2) is 0 Å². The standard InChI is InChI=1S/C6H12ClNO2.ClH/c1-2-8(4-3-7)5-6(9)10;/h2-5H2,1H3,(H,9,10);1H. The number of aliphatic carboxylic acids is 1. The first-order valence-corrected chi connectivity index (χ1v) is 3.74. The largest absolute Gasteiger partial charge is 0.480 e. The summed E-state index contributed by atoms with van der Waals surface area (Å²) >= 11 is 5.42. The average Bonchev–Trinajstić information content (AvgIpc) is 1.86. The summed E-state index contributed by atoms with van der Waals surface area (Å²) in [6.45, 7) is 3.38. The average molecular weight is 202 g/mol. The Morgan fingerprint density at radius 2 is 2.18 bits per heavy atom. The number of carboxylic acids is 1. The van der Waals surface area contributed by atoms with E-state index in [1.807, 2.05) is 6.92 Å². The number of nitrogens with zero attached hydrogens (tertiary/aromatic N) is 1. The SMILES string of the molecule is CCN(CCCl)CC(=O)O.Cl. The lowest BCUT2D eigenvalue weighted by molar-refractivity contribution is -0.138. The Bertz CT molecular complexity index is 111. The van der Waals surface area contributed by atoms with E-state index in [1.54, 1.807) is 4.90 Å². The van der Waals surface area contributed by atoms with E-state index in [2.05, 4.69) is 0 Å². The van der Waals surface area contributed by atoms with Crippen LogP contribution in [0, 0.1) is 0 Å². The number of carboxylic acid groups (broad SMARTS) is 1. The fraction of sp³-hybridized carbons (Fsp3) is 0.833. The molecule has 0 amide bonds. The van der Waals surface area contributed by atoms with E-state index in [4.69, 9.17) is 16.7 Å². The quantitative estimate of drug-likeness (QED) is 0.677. The zero-order valence-electron chi connectivity index (χ0n) is 6.42. The molecule has 1 N–H and O–H groups in total. The molecule has 0 heterocycles. The van der Waals surface area contributed by atoms with Crippen LogP contribution in [0.5, 0.6) is 0 Å². The van der Waals surface area contributed by atoms with Crippen LogP contribution in [-0.2, 0) is 4.79 Å². The van der Waals surface area contributed by atoms with Crippen molar-refractivity contribution in [1.82, 2.24) is 4.90 Å². The van der Waals surface area contributed by atoms with Gasteiger partial charge in [-0.25, -0.2) is 0 Å². The predicted molar refractivity (Wildman–Crippen MR) is 47.7 cm³/mol. The van der Waals surface area contributed by atoms with Crippen LogP contribution in [0.25, 0.3) is 0 Å². The Kier molecular flexibility index (Phi) is 10.0.